The monoisotopic (exact) mass is 275 g/mol. The molecule has 0 aromatic heterocycles. The lowest BCUT2D eigenvalue weighted by atomic mass is 10.0. The van der Waals surface area contributed by atoms with Crippen LogP contribution in [0.4, 0.5) is 4.39 Å². The average Bonchev–Trinajstić information content (AvgIpc) is 2.78. The maximum atomic E-state index is 13.2. The van der Waals surface area contributed by atoms with Gasteiger partial charge in [0, 0.05) is 6.04 Å². The summed E-state index contributed by atoms with van der Waals surface area (Å²) in [6.45, 7) is 1.06. The molecule has 2 unspecified atom stereocenters. The number of nitrogens with one attached hydrogen (secondary N) is 1. The first kappa shape index (κ1) is 13.0. The standard InChI is InChI=1S/C12H15ClFNOS/c13-17(16)12-6-4-10(14)8-9(12)3-5-11-2-1-7-15-11/h4,6,8,11,15H,1-3,5,7H2. The molecule has 94 valence electrons. The fourth-order valence-electron chi connectivity index (χ4n) is 2.23. The third-order valence-corrected chi connectivity index (χ3v) is 4.36. The van der Waals surface area contributed by atoms with E-state index in [-0.39, 0.29) is 5.82 Å². The van der Waals surface area contributed by atoms with Gasteiger partial charge >= 0.3 is 0 Å². The summed E-state index contributed by atoms with van der Waals surface area (Å²) in [6, 6.07) is 4.74. The van der Waals surface area contributed by atoms with E-state index in [1.54, 1.807) is 0 Å². The van der Waals surface area contributed by atoms with E-state index in [9.17, 15) is 8.60 Å². The first-order valence-electron chi connectivity index (χ1n) is 5.76. The first-order chi connectivity index (χ1) is 8.16. The van der Waals surface area contributed by atoms with Crippen molar-refractivity contribution in [2.75, 3.05) is 6.54 Å². The molecule has 1 saturated heterocycles. The molecule has 1 aliphatic heterocycles. The molecule has 0 bridgehead atoms. The number of benzene rings is 1. The Balaban J connectivity index is 2.07. The number of aryl methyl sites for hydroxylation is 1. The van der Waals surface area contributed by atoms with Crippen LogP contribution < -0.4 is 5.32 Å². The molecule has 17 heavy (non-hydrogen) atoms. The largest absolute Gasteiger partial charge is 0.314 e. The molecule has 0 spiro atoms. The van der Waals surface area contributed by atoms with Crippen LogP contribution >= 0.6 is 10.7 Å². The van der Waals surface area contributed by atoms with Crippen LogP contribution in [0.25, 0.3) is 0 Å². The molecule has 2 atom stereocenters. The highest BCUT2D eigenvalue weighted by atomic mass is 35.7. The Morgan fingerprint density at radius 2 is 2.35 bits per heavy atom. The summed E-state index contributed by atoms with van der Waals surface area (Å²) in [7, 11) is 4.02. The minimum absolute atomic E-state index is 0.301. The molecule has 0 aliphatic carbocycles. The molecule has 0 amide bonds. The van der Waals surface area contributed by atoms with E-state index >= 15 is 0 Å². The highest BCUT2D eigenvalue weighted by Gasteiger charge is 2.16. The van der Waals surface area contributed by atoms with Crippen LogP contribution in [0, 0.1) is 5.82 Å². The lowest BCUT2D eigenvalue weighted by Crippen LogP contribution is -2.21. The molecule has 1 heterocycles. The van der Waals surface area contributed by atoms with E-state index < -0.39 is 10.0 Å². The van der Waals surface area contributed by atoms with Gasteiger partial charge in [-0.25, -0.2) is 8.60 Å². The van der Waals surface area contributed by atoms with Gasteiger partial charge in [0.1, 0.15) is 15.8 Å². The van der Waals surface area contributed by atoms with Gasteiger partial charge in [0.2, 0.25) is 0 Å². The van der Waals surface area contributed by atoms with Crippen LogP contribution in [-0.2, 0) is 16.4 Å². The highest BCUT2D eigenvalue weighted by molar-refractivity contribution is 8.08. The van der Waals surface area contributed by atoms with E-state index in [4.69, 9.17) is 10.7 Å². The van der Waals surface area contributed by atoms with Crippen molar-refractivity contribution >= 4 is 20.7 Å². The van der Waals surface area contributed by atoms with Gasteiger partial charge in [-0.05, 0) is 66.7 Å². The van der Waals surface area contributed by atoms with Crippen LogP contribution in [0.3, 0.4) is 0 Å². The summed E-state index contributed by atoms with van der Waals surface area (Å²) >= 11 is 0. The van der Waals surface area contributed by atoms with Gasteiger partial charge in [-0.3, -0.25) is 0 Å². The third-order valence-electron chi connectivity index (χ3n) is 3.12. The van der Waals surface area contributed by atoms with Crippen molar-refractivity contribution in [2.45, 2.75) is 36.6 Å². The van der Waals surface area contributed by atoms with Crippen molar-refractivity contribution in [3.05, 3.63) is 29.6 Å². The van der Waals surface area contributed by atoms with Gasteiger partial charge in [0.15, 0.2) is 0 Å². The third kappa shape index (κ3) is 3.50. The fraction of sp³-hybridized carbons (Fsp3) is 0.500. The minimum Gasteiger partial charge on any atom is -0.314 e. The van der Waals surface area contributed by atoms with E-state index in [1.165, 1.54) is 24.6 Å². The Labute approximate surface area is 108 Å². The molecule has 0 radical (unpaired) electrons. The summed E-state index contributed by atoms with van der Waals surface area (Å²) in [6.07, 6.45) is 4.00. The predicted octanol–water partition coefficient (Wildman–Crippen LogP) is 2.77. The maximum Gasteiger partial charge on any atom is 0.147 e. The zero-order chi connectivity index (χ0) is 12.3. The molecule has 1 aromatic carbocycles. The van der Waals surface area contributed by atoms with Gasteiger partial charge in [0.05, 0.1) is 4.90 Å². The Morgan fingerprint density at radius 1 is 1.53 bits per heavy atom. The highest BCUT2D eigenvalue weighted by Crippen LogP contribution is 2.21. The lowest BCUT2D eigenvalue weighted by molar-refractivity contribution is 0.554. The second-order valence-corrected chi connectivity index (χ2v) is 6.04. The molecule has 5 heteroatoms. The number of rotatable bonds is 4. The van der Waals surface area contributed by atoms with Crippen LogP contribution in [0.2, 0.25) is 0 Å². The first-order valence-corrected chi connectivity index (χ1v) is 7.74. The average molecular weight is 276 g/mol. The quantitative estimate of drug-likeness (QED) is 0.856. The zero-order valence-corrected chi connectivity index (χ0v) is 11.0. The minimum atomic E-state index is -1.57. The predicted molar refractivity (Wildman–Crippen MR) is 68.0 cm³/mol. The Kier molecular flexibility index (Phi) is 4.54. The van der Waals surface area contributed by atoms with Crippen molar-refractivity contribution in [1.29, 1.82) is 0 Å². The SMILES string of the molecule is O=S(Cl)c1ccc(F)cc1CCC1CCCN1. The molecule has 0 saturated carbocycles. The van der Waals surface area contributed by atoms with Crippen molar-refractivity contribution in [3.8, 4) is 0 Å². The smallest absolute Gasteiger partial charge is 0.147 e. The Bertz CT molecular complexity index is 421. The van der Waals surface area contributed by atoms with Gasteiger partial charge in [0.25, 0.3) is 0 Å². The molecular formula is C12H15ClFNOS. The van der Waals surface area contributed by atoms with Crippen LogP contribution in [0.1, 0.15) is 24.8 Å². The molecule has 1 aromatic rings. The topological polar surface area (TPSA) is 29.1 Å². The Hall–Kier alpha value is -0.450. The van der Waals surface area contributed by atoms with Crippen molar-refractivity contribution in [2.24, 2.45) is 0 Å². The van der Waals surface area contributed by atoms with Crippen molar-refractivity contribution < 1.29 is 8.60 Å². The van der Waals surface area contributed by atoms with E-state index in [0.29, 0.717) is 17.4 Å². The van der Waals surface area contributed by atoms with Crippen LogP contribution in [0.15, 0.2) is 23.1 Å². The Morgan fingerprint density at radius 3 is 3.00 bits per heavy atom. The van der Waals surface area contributed by atoms with Crippen molar-refractivity contribution in [3.63, 3.8) is 0 Å². The van der Waals surface area contributed by atoms with Gasteiger partial charge in [-0.1, -0.05) is 0 Å². The molecule has 2 rings (SSSR count). The summed E-state index contributed by atoms with van der Waals surface area (Å²) in [5, 5.41) is 3.39. The summed E-state index contributed by atoms with van der Waals surface area (Å²) < 4.78 is 24.5. The van der Waals surface area contributed by atoms with E-state index in [1.807, 2.05) is 0 Å². The lowest BCUT2D eigenvalue weighted by Gasteiger charge is -2.11. The van der Waals surface area contributed by atoms with Gasteiger partial charge in [-0.15, -0.1) is 0 Å². The summed E-state index contributed by atoms with van der Waals surface area (Å²) in [4.78, 5) is 0.533. The second-order valence-electron chi connectivity index (χ2n) is 4.31. The maximum absolute atomic E-state index is 13.2. The molecule has 1 N–H and O–H groups in total. The molecule has 1 aliphatic rings. The second kappa shape index (κ2) is 5.94. The van der Waals surface area contributed by atoms with Crippen LogP contribution in [0.5, 0.6) is 0 Å². The van der Waals surface area contributed by atoms with Gasteiger partial charge < -0.3 is 5.32 Å². The molecule has 1 fully saturated rings. The number of hydrogen-bond acceptors (Lipinski definition) is 2. The van der Waals surface area contributed by atoms with E-state index in [0.717, 1.165) is 24.9 Å². The fourth-order valence-corrected chi connectivity index (χ4v) is 3.23. The van der Waals surface area contributed by atoms with E-state index in [2.05, 4.69) is 5.32 Å². The number of hydrogen-bond donors (Lipinski definition) is 1. The zero-order valence-electron chi connectivity index (χ0n) is 9.42. The molecular weight excluding hydrogens is 261 g/mol. The van der Waals surface area contributed by atoms with Gasteiger partial charge in [-0.2, -0.15) is 0 Å². The number of halogens is 2. The van der Waals surface area contributed by atoms with Crippen LogP contribution in [-0.4, -0.2) is 16.8 Å². The summed E-state index contributed by atoms with van der Waals surface area (Å²) in [5.74, 6) is -0.301. The van der Waals surface area contributed by atoms with Crippen molar-refractivity contribution in [1.82, 2.24) is 5.32 Å². The normalized spacial score (nSPS) is 21.6. The summed E-state index contributed by atoms with van der Waals surface area (Å²) in [5.41, 5.74) is 0.757. The molecule has 2 nitrogen and oxygen atoms in total.